The van der Waals surface area contributed by atoms with E-state index in [-0.39, 0.29) is 12.3 Å². The van der Waals surface area contributed by atoms with Crippen LogP contribution in [0.25, 0.3) is 0 Å². The number of nitrogens with zero attached hydrogens (tertiary/aromatic N) is 2. The van der Waals surface area contributed by atoms with Gasteiger partial charge in [-0.2, -0.15) is 5.10 Å². The normalized spacial score (nSPS) is 40.3. The Hall–Kier alpha value is -1.27. The summed E-state index contributed by atoms with van der Waals surface area (Å²) in [5.74, 6) is -2.15. The van der Waals surface area contributed by atoms with E-state index in [2.05, 4.69) is 15.5 Å². The molecule has 3 rings (SSSR count). The van der Waals surface area contributed by atoms with Gasteiger partial charge in [-0.15, -0.1) is 0 Å². The van der Waals surface area contributed by atoms with Gasteiger partial charge in [0.15, 0.2) is 0 Å². The van der Waals surface area contributed by atoms with Crippen molar-refractivity contribution in [1.29, 1.82) is 0 Å². The quantitative estimate of drug-likeness (QED) is 0.518. The second-order valence-electron chi connectivity index (χ2n) is 5.64. The lowest BCUT2D eigenvalue weighted by atomic mass is 9.86. The highest BCUT2D eigenvalue weighted by Gasteiger charge is 2.71. The minimum atomic E-state index is -2.61. The number of hydrogen-bond acceptors (Lipinski definition) is 3. The first-order valence-electron chi connectivity index (χ1n) is 6.83. The second-order valence-corrected chi connectivity index (χ2v) is 6.74. The Kier molecular flexibility index (Phi) is 3.85. The summed E-state index contributed by atoms with van der Waals surface area (Å²) < 4.78 is 28.4. The first-order valence-corrected chi connectivity index (χ1v) is 7.59. The third-order valence-electron chi connectivity index (χ3n) is 4.41. The average Bonchev–Trinajstić information content (AvgIpc) is 2.99. The predicted octanol–water partition coefficient (Wildman–Crippen LogP) is 3.26. The molecule has 0 aliphatic heterocycles. The molecule has 0 radical (unpaired) electrons. The highest BCUT2D eigenvalue weighted by molar-refractivity contribution is 6.34. The summed E-state index contributed by atoms with van der Waals surface area (Å²) in [5.41, 5.74) is 2.75. The van der Waals surface area contributed by atoms with E-state index in [4.69, 9.17) is 23.2 Å². The van der Waals surface area contributed by atoms with E-state index < -0.39 is 28.0 Å². The highest BCUT2D eigenvalue weighted by Crippen LogP contribution is 2.65. The lowest BCUT2D eigenvalue weighted by molar-refractivity contribution is 0.0289. The smallest absolute Gasteiger partial charge is 0.267 e. The van der Waals surface area contributed by atoms with Crippen molar-refractivity contribution >= 4 is 35.3 Å². The van der Waals surface area contributed by atoms with E-state index in [1.807, 2.05) is 0 Å². The van der Waals surface area contributed by atoms with E-state index in [0.29, 0.717) is 12.0 Å². The van der Waals surface area contributed by atoms with Gasteiger partial charge >= 0.3 is 0 Å². The number of halogens is 4. The van der Waals surface area contributed by atoms with Gasteiger partial charge in [-0.3, -0.25) is 9.78 Å². The van der Waals surface area contributed by atoms with Crippen LogP contribution in [0, 0.1) is 17.8 Å². The molecular formula is C14H13Cl2F2N3O. The minimum absolute atomic E-state index is 0.273. The predicted molar refractivity (Wildman–Crippen MR) is 79.3 cm³/mol. The lowest BCUT2D eigenvalue weighted by Gasteiger charge is -2.36. The van der Waals surface area contributed by atoms with E-state index >= 15 is 0 Å². The molecule has 2 saturated carbocycles. The molecule has 8 heteroatoms. The fourth-order valence-corrected chi connectivity index (χ4v) is 3.95. The van der Waals surface area contributed by atoms with Gasteiger partial charge in [0.25, 0.3) is 5.91 Å². The largest absolute Gasteiger partial charge is 0.271 e. The van der Waals surface area contributed by atoms with Gasteiger partial charge in [-0.05, 0) is 25.0 Å². The summed E-state index contributed by atoms with van der Waals surface area (Å²) in [7, 11) is 0. The zero-order valence-corrected chi connectivity index (χ0v) is 12.9. The van der Waals surface area contributed by atoms with Crippen LogP contribution in [-0.2, 0) is 0 Å². The lowest BCUT2D eigenvalue weighted by Crippen LogP contribution is -2.47. The highest BCUT2D eigenvalue weighted by atomic mass is 35.5. The number of nitrogens with one attached hydrogen (secondary N) is 1. The molecule has 2 aliphatic rings. The molecule has 22 heavy (non-hydrogen) atoms. The van der Waals surface area contributed by atoms with Crippen LogP contribution in [0.15, 0.2) is 29.6 Å². The fraction of sp³-hybridized carbons (Fsp3) is 0.500. The summed E-state index contributed by atoms with van der Waals surface area (Å²) in [6, 6.07) is 3.08. The van der Waals surface area contributed by atoms with Crippen molar-refractivity contribution in [3.63, 3.8) is 0 Å². The molecular weight excluding hydrogens is 335 g/mol. The van der Waals surface area contributed by atoms with Gasteiger partial charge in [0.05, 0.1) is 0 Å². The van der Waals surface area contributed by atoms with Crippen molar-refractivity contribution in [1.82, 2.24) is 10.4 Å². The van der Waals surface area contributed by atoms with Crippen molar-refractivity contribution in [3.8, 4) is 0 Å². The number of fused-ring (bicyclic) bond motifs is 2. The summed E-state index contributed by atoms with van der Waals surface area (Å²) in [6.07, 6.45) is 5.01. The van der Waals surface area contributed by atoms with Crippen LogP contribution in [-0.4, -0.2) is 27.4 Å². The third-order valence-corrected chi connectivity index (χ3v) is 5.65. The summed E-state index contributed by atoms with van der Waals surface area (Å²) in [6.45, 7) is 0. The minimum Gasteiger partial charge on any atom is -0.267 e. The first-order chi connectivity index (χ1) is 10.3. The number of pyridine rings is 1. The molecule has 0 aromatic carbocycles. The van der Waals surface area contributed by atoms with Gasteiger partial charge in [0.2, 0.25) is 10.3 Å². The molecule has 0 spiro atoms. The van der Waals surface area contributed by atoms with E-state index in [9.17, 15) is 13.6 Å². The maximum absolute atomic E-state index is 14.3. The Morgan fingerprint density at radius 3 is 2.59 bits per heavy atom. The third kappa shape index (κ3) is 2.38. The number of aromatic nitrogens is 1. The number of rotatable bonds is 3. The van der Waals surface area contributed by atoms with Crippen LogP contribution < -0.4 is 5.43 Å². The van der Waals surface area contributed by atoms with Gasteiger partial charge < -0.3 is 0 Å². The van der Waals surface area contributed by atoms with Gasteiger partial charge in [0, 0.05) is 41.9 Å². The standard InChI is InChI=1S/C14H13Cl2F2N3O/c15-13(17)10-5-9(11(6-10)14(13,16)18)7-20-21-12(22)8-1-3-19-4-2-8/h1-4,7,9-11H,5-6H2,(H,21,22)/b20-7+. The van der Waals surface area contributed by atoms with Crippen molar-refractivity contribution in [2.24, 2.45) is 22.9 Å². The molecule has 5 atom stereocenters. The van der Waals surface area contributed by atoms with Crippen molar-refractivity contribution in [3.05, 3.63) is 30.1 Å². The van der Waals surface area contributed by atoms with Gasteiger partial charge in [-0.1, -0.05) is 23.2 Å². The molecule has 1 aromatic rings. The van der Waals surface area contributed by atoms with Crippen LogP contribution in [0.3, 0.4) is 0 Å². The summed E-state index contributed by atoms with van der Waals surface area (Å²) in [5, 5.41) is -1.32. The van der Waals surface area contributed by atoms with E-state index in [1.54, 1.807) is 12.1 Å². The molecule has 1 heterocycles. The Labute approximate surface area is 135 Å². The number of hydrogen-bond donors (Lipinski definition) is 1. The van der Waals surface area contributed by atoms with Crippen LogP contribution in [0.2, 0.25) is 0 Å². The molecule has 4 nitrogen and oxygen atoms in total. The zero-order chi connectivity index (χ0) is 16.0. The number of carbonyl (C=O) groups excluding carboxylic acids is 1. The molecule has 5 unspecified atom stereocenters. The van der Waals surface area contributed by atoms with Crippen LogP contribution in [0.1, 0.15) is 23.2 Å². The van der Waals surface area contributed by atoms with Crippen LogP contribution in [0.5, 0.6) is 0 Å². The van der Waals surface area contributed by atoms with Crippen molar-refractivity contribution in [2.75, 3.05) is 0 Å². The fourth-order valence-electron chi connectivity index (χ4n) is 3.23. The SMILES string of the molecule is O=C(N/N=C/C1CC2CC1C(F)(Cl)C2(F)Cl)c1ccncc1. The Balaban J connectivity index is 1.63. The van der Waals surface area contributed by atoms with Gasteiger partial charge in [0.1, 0.15) is 0 Å². The number of amides is 1. The monoisotopic (exact) mass is 347 g/mol. The average molecular weight is 348 g/mol. The molecule has 0 saturated heterocycles. The molecule has 118 valence electrons. The van der Waals surface area contributed by atoms with Gasteiger partial charge in [-0.25, -0.2) is 14.2 Å². The number of carbonyl (C=O) groups is 1. The Bertz CT molecular complexity index is 609. The molecule has 2 fully saturated rings. The van der Waals surface area contributed by atoms with E-state index in [1.165, 1.54) is 18.6 Å². The Morgan fingerprint density at radius 2 is 2.00 bits per heavy atom. The molecule has 2 bridgehead atoms. The molecule has 1 aromatic heterocycles. The molecule has 2 aliphatic carbocycles. The maximum Gasteiger partial charge on any atom is 0.271 e. The first kappa shape index (κ1) is 15.6. The number of alkyl halides is 4. The summed E-state index contributed by atoms with van der Waals surface area (Å²) >= 11 is 11.3. The molecule has 1 amide bonds. The van der Waals surface area contributed by atoms with Crippen molar-refractivity contribution in [2.45, 2.75) is 23.1 Å². The second kappa shape index (κ2) is 5.42. The Morgan fingerprint density at radius 1 is 1.32 bits per heavy atom. The summed E-state index contributed by atoms with van der Waals surface area (Å²) in [4.78, 5) is 15.6. The molecule has 1 N–H and O–H groups in total. The zero-order valence-electron chi connectivity index (χ0n) is 11.3. The topological polar surface area (TPSA) is 54.4 Å². The van der Waals surface area contributed by atoms with E-state index in [0.717, 1.165) is 0 Å². The van der Waals surface area contributed by atoms with Crippen molar-refractivity contribution < 1.29 is 13.6 Å². The number of hydrazone groups is 1. The van der Waals surface area contributed by atoms with Crippen LogP contribution in [0.4, 0.5) is 8.78 Å². The van der Waals surface area contributed by atoms with Crippen LogP contribution >= 0.6 is 23.2 Å². The maximum atomic E-state index is 14.3.